The highest BCUT2D eigenvalue weighted by Crippen LogP contribution is 2.45. The van der Waals surface area contributed by atoms with Crippen LogP contribution in [0.1, 0.15) is 49.8 Å². The summed E-state index contributed by atoms with van der Waals surface area (Å²) < 4.78 is 11.2. The molecule has 5 rings (SSSR count). The Morgan fingerprint density at radius 1 is 0.972 bits per heavy atom. The number of carbonyl (C=O) groups is 1. The molecule has 0 saturated carbocycles. The van der Waals surface area contributed by atoms with Crippen molar-refractivity contribution in [2.45, 2.75) is 38.6 Å². The number of ether oxygens (including phenoxy) is 2. The minimum Gasteiger partial charge on any atom is -0.504 e. The number of aromatic hydroxyl groups is 1. The molecular formula is C30H32N2O4. The van der Waals surface area contributed by atoms with Crippen LogP contribution in [-0.4, -0.2) is 24.6 Å². The van der Waals surface area contributed by atoms with E-state index in [9.17, 15) is 9.90 Å². The van der Waals surface area contributed by atoms with Gasteiger partial charge in [-0.25, -0.2) is 0 Å². The number of phenols is 1. The van der Waals surface area contributed by atoms with Gasteiger partial charge in [0, 0.05) is 17.7 Å². The van der Waals surface area contributed by atoms with Crippen molar-refractivity contribution in [1.29, 1.82) is 0 Å². The van der Waals surface area contributed by atoms with Crippen molar-refractivity contribution in [3.05, 3.63) is 89.1 Å². The molecule has 0 aromatic heterocycles. The molecule has 3 aromatic carbocycles. The third-order valence-electron chi connectivity index (χ3n) is 6.78. The van der Waals surface area contributed by atoms with Gasteiger partial charge in [-0.2, -0.15) is 0 Å². The number of hydrogen-bond acceptors (Lipinski definition) is 6. The number of allylic oxidation sites excluding steroid dienone is 1. The van der Waals surface area contributed by atoms with Crippen molar-refractivity contribution in [2.75, 3.05) is 24.4 Å². The number of rotatable bonds is 6. The third kappa shape index (κ3) is 4.76. The summed E-state index contributed by atoms with van der Waals surface area (Å²) >= 11 is 0. The second-order valence-electron chi connectivity index (χ2n) is 9.87. The molecule has 2 unspecified atom stereocenters. The van der Waals surface area contributed by atoms with E-state index < -0.39 is 0 Å². The van der Waals surface area contributed by atoms with Crippen LogP contribution in [0.4, 0.5) is 11.4 Å². The van der Waals surface area contributed by atoms with Crippen molar-refractivity contribution in [3.63, 3.8) is 0 Å². The van der Waals surface area contributed by atoms with Crippen molar-refractivity contribution in [2.24, 2.45) is 5.92 Å². The lowest BCUT2D eigenvalue weighted by molar-refractivity contribution is -0.116. The number of phenolic OH excluding ortho intramolecular Hbond substituents is 1. The lowest BCUT2D eigenvalue weighted by Gasteiger charge is -2.30. The van der Waals surface area contributed by atoms with Crippen molar-refractivity contribution in [1.82, 2.24) is 0 Å². The smallest absolute Gasteiger partial charge is 0.163 e. The van der Waals surface area contributed by atoms with Crippen molar-refractivity contribution < 1.29 is 19.4 Å². The highest BCUT2D eigenvalue weighted by atomic mass is 16.5. The first-order valence-corrected chi connectivity index (χ1v) is 12.4. The predicted molar refractivity (Wildman–Crippen MR) is 142 cm³/mol. The minimum atomic E-state index is -0.370. The molecule has 0 amide bonds. The summed E-state index contributed by atoms with van der Waals surface area (Å²) in [7, 11) is 1.52. The number of ketones is 1. The summed E-state index contributed by atoms with van der Waals surface area (Å²) in [4.78, 5) is 13.7. The Morgan fingerprint density at radius 2 is 1.69 bits per heavy atom. The number of methoxy groups -OCH3 is 1. The first kappa shape index (κ1) is 23.8. The predicted octanol–water partition coefficient (Wildman–Crippen LogP) is 6.42. The van der Waals surface area contributed by atoms with Gasteiger partial charge in [0.2, 0.25) is 0 Å². The molecule has 0 radical (unpaired) electrons. The van der Waals surface area contributed by atoms with Crippen LogP contribution in [0.25, 0.3) is 0 Å². The van der Waals surface area contributed by atoms with Crippen LogP contribution in [0.15, 0.2) is 78.0 Å². The number of hydrogen-bond donors (Lipinski definition) is 3. The molecule has 36 heavy (non-hydrogen) atoms. The largest absolute Gasteiger partial charge is 0.504 e. The van der Waals surface area contributed by atoms with Gasteiger partial charge in [-0.1, -0.05) is 44.2 Å². The van der Waals surface area contributed by atoms with Crippen LogP contribution < -0.4 is 20.1 Å². The van der Waals surface area contributed by atoms with Gasteiger partial charge >= 0.3 is 0 Å². The normalized spacial score (nSPS) is 19.1. The Balaban J connectivity index is 1.50. The molecule has 3 N–H and O–H groups in total. The minimum absolute atomic E-state index is 0.0680. The average molecular weight is 485 g/mol. The standard InChI is InChI=1S/C30H32N2O4/c1-18(2)17-36-22-11-8-19(9-12-22)21-14-25-29(27(34)15-21)30(20-10-13-26(33)28(16-20)35-3)32-24-7-5-4-6-23(24)31-25/h4-13,16,18,21,30-33H,14-15,17H2,1-3H3. The SMILES string of the molecule is COc1cc(C2Nc3ccccc3NC3=C2C(=O)CC(c2ccc(OCC(C)C)cc2)C3)ccc1O. The van der Waals surface area contributed by atoms with Gasteiger partial charge in [0.25, 0.3) is 0 Å². The third-order valence-corrected chi connectivity index (χ3v) is 6.78. The maximum Gasteiger partial charge on any atom is 0.163 e. The van der Waals surface area contributed by atoms with Crippen LogP contribution in [0.2, 0.25) is 0 Å². The summed E-state index contributed by atoms with van der Waals surface area (Å²) in [5.74, 6) is 1.93. The Hall–Kier alpha value is -3.93. The fraction of sp³-hybridized carbons (Fsp3) is 0.300. The summed E-state index contributed by atoms with van der Waals surface area (Å²) in [6.07, 6.45) is 1.14. The second-order valence-corrected chi connectivity index (χ2v) is 9.87. The molecule has 0 bridgehead atoms. The molecule has 6 heteroatoms. The molecule has 1 heterocycles. The zero-order chi connectivity index (χ0) is 25.2. The molecule has 0 fully saturated rings. The van der Waals surface area contributed by atoms with Crippen molar-refractivity contribution >= 4 is 17.2 Å². The van der Waals surface area contributed by atoms with Gasteiger partial charge in [0.1, 0.15) is 5.75 Å². The van der Waals surface area contributed by atoms with E-state index in [2.05, 4.69) is 36.6 Å². The number of anilines is 2. The summed E-state index contributed by atoms with van der Waals surface area (Å²) in [6, 6.07) is 21.0. The lowest BCUT2D eigenvalue weighted by Crippen LogP contribution is -2.26. The number of benzene rings is 3. The molecular weight excluding hydrogens is 452 g/mol. The highest BCUT2D eigenvalue weighted by Gasteiger charge is 2.36. The van der Waals surface area contributed by atoms with Crippen LogP contribution in [0.5, 0.6) is 17.2 Å². The number of para-hydroxylation sites is 2. The second kappa shape index (κ2) is 9.97. The zero-order valence-electron chi connectivity index (χ0n) is 20.9. The fourth-order valence-electron chi connectivity index (χ4n) is 4.95. The zero-order valence-corrected chi connectivity index (χ0v) is 20.9. The molecule has 0 spiro atoms. The van der Waals surface area contributed by atoms with E-state index in [0.717, 1.165) is 45.9 Å². The molecule has 1 aliphatic carbocycles. The molecule has 1 aliphatic heterocycles. The summed E-state index contributed by atoms with van der Waals surface area (Å²) in [5, 5.41) is 17.3. The molecule has 0 saturated heterocycles. The van der Waals surface area contributed by atoms with Gasteiger partial charge in [-0.05, 0) is 65.8 Å². The summed E-state index contributed by atoms with van der Waals surface area (Å²) in [5.41, 5.74) is 5.48. The van der Waals surface area contributed by atoms with Gasteiger partial charge in [0.15, 0.2) is 17.3 Å². The van der Waals surface area contributed by atoms with E-state index in [1.165, 1.54) is 7.11 Å². The lowest BCUT2D eigenvalue weighted by atomic mass is 9.78. The number of Topliss-reactive ketones (excluding diaryl/α,β-unsaturated/α-hetero) is 1. The molecule has 2 aliphatic rings. The number of nitrogens with one attached hydrogen (secondary N) is 2. The Labute approximate surface area is 212 Å². The van der Waals surface area contributed by atoms with E-state index in [0.29, 0.717) is 24.7 Å². The van der Waals surface area contributed by atoms with E-state index >= 15 is 0 Å². The fourth-order valence-corrected chi connectivity index (χ4v) is 4.95. The van der Waals surface area contributed by atoms with Crippen LogP contribution in [0, 0.1) is 5.92 Å². The van der Waals surface area contributed by atoms with Gasteiger partial charge in [0.05, 0.1) is 31.1 Å². The van der Waals surface area contributed by atoms with Crippen LogP contribution >= 0.6 is 0 Å². The van der Waals surface area contributed by atoms with E-state index in [-0.39, 0.29) is 23.5 Å². The van der Waals surface area contributed by atoms with E-state index in [1.54, 1.807) is 12.1 Å². The van der Waals surface area contributed by atoms with E-state index in [4.69, 9.17) is 9.47 Å². The first-order chi connectivity index (χ1) is 17.4. The van der Waals surface area contributed by atoms with Gasteiger partial charge < -0.3 is 25.2 Å². The molecule has 6 nitrogen and oxygen atoms in total. The van der Waals surface area contributed by atoms with E-state index in [1.807, 2.05) is 42.5 Å². The van der Waals surface area contributed by atoms with Gasteiger partial charge in [-0.15, -0.1) is 0 Å². The maximum absolute atomic E-state index is 13.7. The van der Waals surface area contributed by atoms with Gasteiger partial charge in [-0.3, -0.25) is 4.79 Å². The van der Waals surface area contributed by atoms with Crippen LogP contribution in [-0.2, 0) is 4.79 Å². The maximum atomic E-state index is 13.7. The van der Waals surface area contributed by atoms with Crippen LogP contribution in [0.3, 0.4) is 0 Å². The Morgan fingerprint density at radius 3 is 2.42 bits per heavy atom. The first-order valence-electron chi connectivity index (χ1n) is 12.4. The monoisotopic (exact) mass is 484 g/mol. The molecule has 3 aromatic rings. The Kier molecular flexibility index (Phi) is 6.59. The molecule has 2 atom stereocenters. The number of fused-ring (bicyclic) bond motifs is 1. The average Bonchev–Trinajstić information content (AvgIpc) is 3.05. The number of carbonyl (C=O) groups excluding carboxylic acids is 1. The Bertz CT molecular complexity index is 1300. The quantitative estimate of drug-likeness (QED) is 0.375. The highest BCUT2D eigenvalue weighted by molar-refractivity contribution is 6.01. The topological polar surface area (TPSA) is 79.8 Å². The molecule has 186 valence electrons. The summed E-state index contributed by atoms with van der Waals surface area (Å²) in [6.45, 7) is 4.93. The van der Waals surface area contributed by atoms with Crippen molar-refractivity contribution in [3.8, 4) is 17.2 Å².